The first-order chi connectivity index (χ1) is 13.9. The van der Waals surface area contributed by atoms with Gasteiger partial charge in [-0.3, -0.25) is 9.59 Å². The maximum absolute atomic E-state index is 12.4. The van der Waals surface area contributed by atoms with E-state index in [0.717, 1.165) is 27.4 Å². The molecule has 0 unspecified atom stereocenters. The zero-order valence-corrected chi connectivity index (χ0v) is 18.5. The molecule has 1 aromatic carbocycles. The summed E-state index contributed by atoms with van der Waals surface area (Å²) >= 11 is 3.00. The van der Waals surface area contributed by atoms with Crippen LogP contribution in [-0.2, 0) is 29.0 Å². The number of nitrogens with zero attached hydrogens (tertiary/aromatic N) is 1. The molecule has 2 N–H and O–H groups in total. The second kappa shape index (κ2) is 9.80. The van der Waals surface area contributed by atoms with Crippen molar-refractivity contribution < 1.29 is 9.59 Å². The Morgan fingerprint density at radius 1 is 1.07 bits per heavy atom. The van der Waals surface area contributed by atoms with Crippen LogP contribution in [0.15, 0.2) is 41.8 Å². The molecule has 0 radical (unpaired) electrons. The summed E-state index contributed by atoms with van der Waals surface area (Å²) in [5, 5.41) is 8.21. The average molecular weight is 428 g/mol. The van der Waals surface area contributed by atoms with Gasteiger partial charge in [0, 0.05) is 17.2 Å². The summed E-state index contributed by atoms with van der Waals surface area (Å²) in [6.45, 7) is 6.42. The number of rotatable bonds is 8. The lowest BCUT2D eigenvalue weighted by Crippen LogP contribution is -2.17. The first kappa shape index (κ1) is 21.2. The second-order valence-corrected chi connectivity index (χ2v) is 9.38. The Kier molecular flexibility index (Phi) is 7.17. The maximum atomic E-state index is 12.4. The Labute approximate surface area is 179 Å². The van der Waals surface area contributed by atoms with E-state index in [0.29, 0.717) is 24.0 Å². The van der Waals surface area contributed by atoms with E-state index >= 15 is 0 Å². The molecule has 0 atom stereocenters. The van der Waals surface area contributed by atoms with E-state index in [4.69, 9.17) is 0 Å². The molecule has 5 nitrogen and oxygen atoms in total. The summed E-state index contributed by atoms with van der Waals surface area (Å²) < 4.78 is 0. The number of nitrogens with one attached hydrogen (secondary N) is 2. The third kappa shape index (κ3) is 6.51. The molecule has 0 fully saturated rings. The normalized spacial score (nSPS) is 10.9. The number of amides is 2. The minimum atomic E-state index is -0.0694. The van der Waals surface area contributed by atoms with Crippen LogP contribution in [0.1, 0.15) is 36.8 Å². The van der Waals surface area contributed by atoms with Crippen LogP contribution in [0.4, 0.5) is 5.13 Å². The van der Waals surface area contributed by atoms with Gasteiger partial charge in [0.05, 0.1) is 23.5 Å². The van der Waals surface area contributed by atoms with Gasteiger partial charge in [0.1, 0.15) is 0 Å². The lowest BCUT2D eigenvalue weighted by Gasteiger charge is -2.06. The van der Waals surface area contributed by atoms with Gasteiger partial charge in [-0.2, -0.15) is 0 Å². The van der Waals surface area contributed by atoms with Crippen molar-refractivity contribution >= 4 is 39.6 Å². The largest absolute Gasteiger partial charge is 0.351 e. The van der Waals surface area contributed by atoms with E-state index in [9.17, 15) is 9.59 Å². The average Bonchev–Trinajstić information content (AvgIpc) is 3.30. The molecule has 3 rings (SSSR count). The lowest BCUT2D eigenvalue weighted by atomic mass is 10.0. The quantitative estimate of drug-likeness (QED) is 0.538. The molecule has 29 heavy (non-hydrogen) atoms. The monoisotopic (exact) mass is 427 g/mol. The van der Waals surface area contributed by atoms with Crippen LogP contribution in [0, 0.1) is 5.92 Å². The molecule has 0 aliphatic heterocycles. The SMILES string of the molecule is CC(=O)NCc1ccc(-c2csc(NC(=O)Cc3ccc(CC(C)C)cc3)n2)s1. The van der Waals surface area contributed by atoms with Gasteiger partial charge in [-0.1, -0.05) is 38.1 Å². The van der Waals surface area contributed by atoms with E-state index in [1.807, 2.05) is 29.6 Å². The fourth-order valence-corrected chi connectivity index (χ4v) is 4.59. The number of thiazole rings is 1. The van der Waals surface area contributed by atoms with Gasteiger partial charge < -0.3 is 10.6 Å². The van der Waals surface area contributed by atoms with Gasteiger partial charge >= 0.3 is 0 Å². The van der Waals surface area contributed by atoms with Crippen LogP contribution in [0.5, 0.6) is 0 Å². The maximum Gasteiger partial charge on any atom is 0.230 e. The van der Waals surface area contributed by atoms with Gasteiger partial charge in [0.25, 0.3) is 0 Å². The number of thiophene rings is 1. The highest BCUT2D eigenvalue weighted by Crippen LogP contribution is 2.30. The van der Waals surface area contributed by atoms with Crippen LogP contribution >= 0.6 is 22.7 Å². The summed E-state index contributed by atoms with van der Waals surface area (Å²) in [5.41, 5.74) is 3.12. The molecule has 0 spiro atoms. The van der Waals surface area contributed by atoms with Crippen LogP contribution in [0.3, 0.4) is 0 Å². The van der Waals surface area contributed by atoms with Crippen LogP contribution in [0.2, 0.25) is 0 Å². The summed E-state index contributed by atoms with van der Waals surface area (Å²) in [5.74, 6) is 0.501. The van der Waals surface area contributed by atoms with Crippen molar-refractivity contribution in [3.63, 3.8) is 0 Å². The van der Waals surface area contributed by atoms with Gasteiger partial charge in [-0.05, 0) is 35.6 Å². The van der Waals surface area contributed by atoms with Crippen molar-refractivity contribution in [1.82, 2.24) is 10.3 Å². The molecule has 0 saturated carbocycles. The van der Waals surface area contributed by atoms with Gasteiger partial charge in [-0.15, -0.1) is 22.7 Å². The van der Waals surface area contributed by atoms with Gasteiger partial charge in [0.2, 0.25) is 11.8 Å². The molecule has 0 bridgehead atoms. The van der Waals surface area contributed by atoms with E-state index in [-0.39, 0.29) is 11.8 Å². The predicted molar refractivity (Wildman–Crippen MR) is 120 cm³/mol. The minimum absolute atomic E-state index is 0.0480. The van der Waals surface area contributed by atoms with Gasteiger partial charge in [0.15, 0.2) is 5.13 Å². The summed E-state index contributed by atoms with van der Waals surface area (Å²) in [6, 6.07) is 12.2. The Morgan fingerprint density at radius 3 is 2.48 bits per heavy atom. The standard InChI is InChI=1S/C22H25N3O2S2/c1-14(2)10-16-4-6-17(7-5-16)11-21(27)25-22-24-19(13-28-22)20-9-8-18(29-20)12-23-15(3)26/h4-9,13-14H,10-12H2,1-3H3,(H,23,26)(H,24,25,27). The lowest BCUT2D eigenvalue weighted by molar-refractivity contribution is -0.119. The van der Waals surface area contributed by atoms with E-state index < -0.39 is 0 Å². The Hall–Kier alpha value is -2.51. The van der Waals surface area contributed by atoms with Crippen molar-refractivity contribution in [3.05, 3.63) is 57.8 Å². The van der Waals surface area contributed by atoms with Crippen LogP contribution < -0.4 is 10.6 Å². The van der Waals surface area contributed by atoms with E-state index in [2.05, 4.69) is 41.6 Å². The van der Waals surface area contributed by atoms with Crippen LogP contribution in [-0.4, -0.2) is 16.8 Å². The molecule has 2 aromatic heterocycles. The molecule has 0 saturated heterocycles. The first-order valence-electron chi connectivity index (χ1n) is 9.55. The fraction of sp³-hybridized carbons (Fsp3) is 0.318. The molecule has 7 heteroatoms. The van der Waals surface area contributed by atoms with Crippen molar-refractivity contribution in [2.75, 3.05) is 5.32 Å². The van der Waals surface area contributed by atoms with Crippen molar-refractivity contribution in [2.24, 2.45) is 5.92 Å². The highest BCUT2D eigenvalue weighted by Gasteiger charge is 2.11. The fourth-order valence-electron chi connectivity index (χ4n) is 2.88. The van der Waals surface area contributed by atoms with Gasteiger partial charge in [-0.25, -0.2) is 4.98 Å². The third-order valence-electron chi connectivity index (χ3n) is 4.21. The Bertz CT molecular complexity index is 974. The zero-order chi connectivity index (χ0) is 20.8. The molecular formula is C22H25N3O2S2. The highest BCUT2D eigenvalue weighted by atomic mass is 32.1. The number of hydrogen-bond acceptors (Lipinski definition) is 5. The molecule has 3 aromatic rings. The predicted octanol–water partition coefficient (Wildman–Crippen LogP) is 4.89. The molecule has 0 aliphatic carbocycles. The van der Waals surface area contributed by atoms with Crippen molar-refractivity contribution in [1.29, 1.82) is 0 Å². The number of benzene rings is 1. The van der Waals surface area contributed by atoms with Crippen molar-refractivity contribution in [2.45, 2.75) is 40.2 Å². The smallest absolute Gasteiger partial charge is 0.230 e. The third-order valence-corrected chi connectivity index (χ3v) is 6.07. The van der Waals surface area contributed by atoms with E-state index in [1.54, 1.807) is 11.3 Å². The minimum Gasteiger partial charge on any atom is -0.351 e. The number of carbonyl (C=O) groups excluding carboxylic acids is 2. The second-order valence-electron chi connectivity index (χ2n) is 7.35. The number of aromatic nitrogens is 1. The number of hydrogen-bond donors (Lipinski definition) is 2. The topological polar surface area (TPSA) is 71.1 Å². The number of carbonyl (C=O) groups is 2. The zero-order valence-electron chi connectivity index (χ0n) is 16.8. The summed E-state index contributed by atoms with van der Waals surface area (Å²) in [4.78, 5) is 30.0. The van der Waals surface area contributed by atoms with E-state index in [1.165, 1.54) is 23.8 Å². The van der Waals surface area contributed by atoms with Crippen molar-refractivity contribution in [3.8, 4) is 10.6 Å². The Balaban J connectivity index is 1.55. The summed E-state index contributed by atoms with van der Waals surface area (Å²) in [6.07, 6.45) is 1.38. The number of anilines is 1. The Morgan fingerprint density at radius 2 is 1.79 bits per heavy atom. The molecule has 152 valence electrons. The first-order valence-corrected chi connectivity index (χ1v) is 11.3. The molecule has 2 amide bonds. The summed E-state index contributed by atoms with van der Waals surface area (Å²) in [7, 11) is 0. The molecule has 2 heterocycles. The van der Waals surface area contributed by atoms with Crippen LogP contribution in [0.25, 0.3) is 10.6 Å². The molecular weight excluding hydrogens is 402 g/mol. The highest BCUT2D eigenvalue weighted by molar-refractivity contribution is 7.17. The molecule has 0 aliphatic rings.